The fourth-order valence-corrected chi connectivity index (χ4v) is 0. The van der Waals surface area contributed by atoms with Crippen molar-refractivity contribution in [2.24, 2.45) is 0 Å². The molecule has 0 saturated carbocycles. The van der Waals surface area contributed by atoms with Crippen LogP contribution >= 0.6 is 8.46 Å². The fourth-order valence-electron chi connectivity index (χ4n) is 0. The molecule has 0 rings (SSSR count). The van der Waals surface area contributed by atoms with E-state index in [2.05, 4.69) is 0 Å². The van der Waals surface area contributed by atoms with Gasteiger partial charge in [-0.15, -0.1) is 0 Å². The van der Waals surface area contributed by atoms with Gasteiger partial charge in [0.1, 0.15) is 0 Å². The number of hydrogen-bond donors (Lipinski definition) is 0. The van der Waals surface area contributed by atoms with E-state index >= 15 is 0 Å². The molecule has 0 radical (unpaired) electrons. The van der Waals surface area contributed by atoms with Gasteiger partial charge < -0.3 is 0 Å². The second-order valence-electron chi connectivity index (χ2n) is 0.211. The second kappa shape index (κ2) is 2.77. The topological polar surface area (TPSA) is 34.1 Å². The zero-order valence-corrected chi connectivity index (χ0v) is 2.74. The highest BCUT2D eigenvalue weighted by atomic mass is 31.1. The van der Waals surface area contributed by atoms with Crippen molar-refractivity contribution in [3.05, 3.63) is 0 Å². The molecule has 3 heteroatoms. The van der Waals surface area contributed by atoms with Gasteiger partial charge in [-0.1, -0.05) is 0 Å². The van der Waals surface area contributed by atoms with Gasteiger partial charge in [-0.3, -0.25) is 9.36 Å². The summed E-state index contributed by atoms with van der Waals surface area (Å²) in [5.41, 5.74) is 0. The molecule has 0 saturated heterocycles. The van der Waals surface area contributed by atoms with Gasteiger partial charge in [0.05, 0.1) is 0 Å². The van der Waals surface area contributed by atoms with Crippen molar-refractivity contribution in [2.75, 3.05) is 0 Å². The van der Waals surface area contributed by atoms with Gasteiger partial charge in [0.25, 0.3) is 0 Å². The average molecular weight is 76.0 g/mol. The zero-order valence-electron chi connectivity index (χ0n) is 1.84. The van der Waals surface area contributed by atoms with Crippen molar-refractivity contribution in [2.45, 2.75) is 0 Å². The van der Waals surface area contributed by atoms with Crippen LogP contribution in [0.5, 0.6) is 0 Å². The van der Waals surface area contributed by atoms with Crippen molar-refractivity contribution in [3.8, 4) is 0 Å². The Hall–Kier alpha value is -0.230. The van der Waals surface area contributed by atoms with Crippen molar-refractivity contribution in [1.29, 1.82) is 0 Å². The van der Waals surface area contributed by atoms with Crippen molar-refractivity contribution < 1.29 is 9.36 Å². The lowest BCUT2D eigenvalue weighted by Gasteiger charge is -1.28. The maximum atomic E-state index is 8.90. The standard InChI is InChI=1S/CHO2P/c2-1-4-3/h1H. The van der Waals surface area contributed by atoms with Crippen LogP contribution in [0.15, 0.2) is 0 Å². The molecule has 2 nitrogen and oxygen atoms in total. The third-order valence-electron chi connectivity index (χ3n) is 0.0430. The van der Waals surface area contributed by atoms with Gasteiger partial charge in [-0.2, -0.15) is 0 Å². The molecule has 0 aliphatic rings. The minimum absolute atomic E-state index is 0.292. The van der Waals surface area contributed by atoms with E-state index in [1.165, 1.54) is 0 Å². The molecule has 0 fully saturated rings. The van der Waals surface area contributed by atoms with E-state index in [4.69, 9.17) is 9.36 Å². The third kappa shape index (κ3) is 1.77. The van der Waals surface area contributed by atoms with Crippen LogP contribution in [0.4, 0.5) is 0 Å². The summed E-state index contributed by atoms with van der Waals surface area (Å²) in [6.07, 6.45) is 0. The Morgan fingerprint density at radius 1 is 1.75 bits per heavy atom. The molecule has 4 heavy (non-hydrogen) atoms. The highest BCUT2D eigenvalue weighted by Gasteiger charge is 1.50. The maximum absolute atomic E-state index is 8.90. The van der Waals surface area contributed by atoms with E-state index in [0.29, 0.717) is 6.03 Å². The summed E-state index contributed by atoms with van der Waals surface area (Å²) in [5, 5.41) is 0. The molecule has 0 aromatic heterocycles. The summed E-state index contributed by atoms with van der Waals surface area (Å²) in [7, 11) is -0.432. The van der Waals surface area contributed by atoms with Crippen LogP contribution in [-0.2, 0) is 9.36 Å². The van der Waals surface area contributed by atoms with E-state index in [9.17, 15) is 0 Å². The lowest BCUT2D eigenvalue weighted by molar-refractivity contribution is 0.562. The van der Waals surface area contributed by atoms with Crippen molar-refractivity contribution in [3.63, 3.8) is 0 Å². The average Bonchev–Trinajstić information content (AvgIpc) is 1.37. The molecule has 0 aliphatic carbocycles. The van der Waals surface area contributed by atoms with Crippen LogP contribution < -0.4 is 0 Å². The van der Waals surface area contributed by atoms with Gasteiger partial charge >= 0.3 is 0 Å². The number of carbonyl (C=O) groups excluding carboxylic acids is 1. The van der Waals surface area contributed by atoms with E-state index < -0.39 is 8.46 Å². The first-order valence-corrected chi connectivity index (χ1v) is 1.56. The first kappa shape index (κ1) is 3.77. The molecule has 0 heterocycles. The van der Waals surface area contributed by atoms with Crippen LogP contribution in [0, 0.1) is 0 Å². The maximum Gasteiger partial charge on any atom is 0.228 e. The van der Waals surface area contributed by atoms with Crippen LogP contribution in [0.3, 0.4) is 0 Å². The largest absolute Gasteiger partial charge is 0.290 e. The number of carbonyl (C=O) groups is 1. The highest BCUT2D eigenvalue weighted by molar-refractivity contribution is 7.42. The molecular weight excluding hydrogens is 75.0 g/mol. The Balaban J connectivity index is 2.73. The summed E-state index contributed by atoms with van der Waals surface area (Å²) in [6, 6.07) is 0.292. The Labute approximate surface area is 25.0 Å². The lowest BCUT2D eigenvalue weighted by Crippen LogP contribution is -1.29. The van der Waals surface area contributed by atoms with E-state index in [-0.39, 0.29) is 0 Å². The van der Waals surface area contributed by atoms with E-state index in [0.717, 1.165) is 0 Å². The Kier molecular flexibility index (Phi) is 2.61. The summed E-state index contributed by atoms with van der Waals surface area (Å²) in [6.45, 7) is 0. The lowest BCUT2D eigenvalue weighted by atomic mass is 11.8. The molecular formula is CHO2P. The first-order chi connectivity index (χ1) is 1.91. The monoisotopic (exact) mass is 76.0 g/mol. The van der Waals surface area contributed by atoms with Gasteiger partial charge in [-0.05, 0) is 0 Å². The Morgan fingerprint density at radius 3 is 2.00 bits per heavy atom. The molecule has 22 valence electrons. The highest BCUT2D eigenvalue weighted by Crippen LogP contribution is 1.72. The SMILES string of the molecule is O=CP=O. The molecule has 0 N–H and O–H groups in total. The smallest absolute Gasteiger partial charge is 0.228 e. The molecule has 0 aromatic carbocycles. The summed E-state index contributed by atoms with van der Waals surface area (Å²) >= 11 is 0. The van der Waals surface area contributed by atoms with Crippen LogP contribution in [0.25, 0.3) is 0 Å². The molecule has 0 aromatic rings. The predicted molar refractivity (Wildman–Crippen MR) is 14.4 cm³/mol. The molecule has 0 aliphatic heterocycles. The number of hydrogen-bond acceptors (Lipinski definition) is 2. The Bertz CT molecular complexity index is 27.0. The van der Waals surface area contributed by atoms with Gasteiger partial charge in [0.2, 0.25) is 14.5 Å². The van der Waals surface area contributed by atoms with E-state index in [1.807, 2.05) is 0 Å². The van der Waals surface area contributed by atoms with E-state index in [1.54, 1.807) is 0 Å². The third-order valence-corrected chi connectivity index (χ3v) is 0.129. The minimum atomic E-state index is -0.432. The van der Waals surface area contributed by atoms with Crippen molar-refractivity contribution in [1.82, 2.24) is 0 Å². The van der Waals surface area contributed by atoms with Crippen LogP contribution in [-0.4, -0.2) is 6.03 Å². The molecule has 0 atom stereocenters. The fraction of sp³-hybridized carbons (Fsp3) is 0. The first-order valence-electron chi connectivity index (χ1n) is 0.676. The zero-order chi connectivity index (χ0) is 3.41. The minimum Gasteiger partial charge on any atom is -0.290 e. The van der Waals surface area contributed by atoms with Crippen molar-refractivity contribution >= 4 is 14.5 Å². The Morgan fingerprint density at radius 2 is 2.00 bits per heavy atom. The van der Waals surface area contributed by atoms with Gasteiger partial charge in [0, 0.05) is 0 Å². The van der Waals surface area contributed by atoms with Gasteiger partial charge in [-0.25, -0.2) is 0 Å². The van der Waals surface area contributed by atoms with Gasteiger partial charge in [0.15, 0.2) is 0 Å². The number of rotatable bonds is 1. The second-order valence-corrected chi connectivity index (χ2v) is 0.632. The van der Waals surface area contributed by atoms with Crippen LogP contribution in [0.2, 0.25) is 0 Å². The normalized spacial score (nSPS) is 7.00. The molecule has 0 amide bonds. The predicted octanol–water partition coefficient (Wildman–Crippen LogP) is 0.468. The summed E-state index contributed by atoms with van der Waals surface area (Å²) in [5.74, 6) is 0. The van der Waals surface area contributed by atoms with Crippen LogP contribution in [0.1, 0.15) is 0 Å². The summed E-state index contributed by atoms with van der Waals surface area (Å²) < 4.78 is 8.90. The molecule has 0 bridgehead atoms. The summed E-state index contributed by atoms with van der Waals surface area (Å²) in [4.78, 5) is 8.85. The molecule has 0 unspecified atom stereocenters. The quantitative estimate of drug-likeness (QED) is 0.336. The molecule has 0 spiro atoms.